The maximum absolute atomic E-state index is 11.7. The molecular weight excluding hydrogens is 208 g/mol. The molecule has 1 heterocycles. The zero-order valence-corrected chi connectivity index (χ0v) is 8.83. The maximum atomic E-state index is 11.7. The van der Waals surface area contributed by atoms with Crippen LogP contribution in [0.25, 0.3) is 0 Å². The Labute approximate surface area is 93.8 Å². The minimum absolute atomic E-state index is 0.118. The number of ether oxygens (including phenoxy) is 2. The minimum atomic E-state index is -0.382. The molecule has 1 aromatic rings. The number of hydrogen-bond donors (Lipinski definition) is 1. The fraction of sp³-hybridized carbons (Fsp3) is 0.417. The van der Waals surface area contributed by atoms with E-state index in [1.54, 1.807) is 24.3 Å². The predicted octanol–water partition coefficient (Wildman–Crippen LogP) is 0.993. The Morgan fingerprint density at radius 1 is 1.44 bits per heavy atom. The summed E-state index contributed by atoms with van der Waals surface area (Å²) < 4.78 is 10.5. The molecule has 4 heteroatoms. The van der Waals surface area contributed by atoms with E-state index in [9.17, 15) is 4.79 Å². The van der Waals surface area contributed by atoms with Crippen molar-refractivity contribution in [3.05, 3.63) is 35.9 Å². The molecule has 0 aromatic heterocycles. The summed E-state index contributed by atoms with van der Waals surface area (Å²) >= 11 is 0. The summed E-state index contributed by atoms with van der Waals surface area (Å²) in [7, 11) is 0. The molecule has 0 radical (unpaired) electrons. The summed E-state index contributed by atoms with van der Waals surface area (Å²) in [5, 5.41) is 9.00. The first-order valence-electron chi connectivity index (χ1n) is 5.30. The van der Waals surface area contributed by atoms with Gasteiger partial charge in [0.15, 0.2) is 0 Å². The first-order chi connectivity index (χ1) is 7.81. The van der Waals surface area contributed by atoms with Crippen molar-refractivity contribution in [3.8, 4) is 0 Å². The lowest BCUT2D eigenvalue weighted by molar-refractivity contribution is -0.0188. The molecule has 1 aliphatic rings. The number of aliphatic hydroxyl groups excluding tert-OH is 1. The first-order valence-corrected chi connectivity index (χ1v) is 5.30. The van der Waals surface area contributed by atoms with Crippen molar-refractivity contribution in [1.29, 1.82) is 0 Å². The van der Waals surface area contributed by atoms with E-state index in [-0.39, 0.29) is 24.8 Å². The third-order valence-corrected chi connectivity index (χ3v) is 2.60. The fourth-order valence-corrected chi connectivity index (χ4v) is 1.71. The smallest absolute Gasteiger partial charge is 0.338 e. The van der Waals surface area contributed by atoms with Gasteiger partial charge < -0.3 is 14.6 Å². The maximum Gasteiger partial charge on any atom is 0.338 e. The molecule has 1 aliphatic heterocycles. The van der Waals surface area contributed by atoms with Gasteiger partial charge in [-0.1, -0.05) is 18.2 Å². The second-order valence-electron chi connectivity index (χ2n) is 3.69. The fourth-order valence-electron chi connectivity index (χ4n) is 1.71. The molecule has 2 atom stereocenters. The highest BCUT2D eigenvalue weighted by molar-refractivity contribution is 5.89. The van der Waals surface area contributed by atoms with Crippen molar-refractivity contribution in [2.45, 2.75) is 18.6 Å². The Bertz CT molecular complexity index is 349. The molecule has 16 heavy (non-hydrogen) atoms. The van der Waals surface area contributed by atoms with Gasteiger partial charge in [0.1, 0.15) is 12.2 Å². The van der Waals surface area contributed by atoms with Crippen molar-refractivity contribution in [2.75, 3.05) is 13.2 Å². The van der Waals surface area contributed by atoms with Gasteiger partial charge in [-0.05, 0) is 12.1 Å². The molecule has 0 bridgehead atoms. The highest BCUT2D eigenvalue weighted by Gasteiger charge is 2.31. The molecule has 0 saturated carbocycles. The van der Waals surface area contributed by atoms with Gasteiger partial charge in [0.05, 0.1) is 18.8 Å². The summed E-state index contributed by atoms with van der Waals surface area (Å²) in [4.78, 5) is 11.7. The molecule has 1 fully saturated rings. The number of hydrogen-bond acceptors (Lipinski definition) is 4. The first kappa shape index (κ1) is 11.1. The average molecular weight is 222 g/mol. The summed E-state index contributed by atoms with van der Waals surface area (Å²) in [6, 6.07) is 8.81. The van der Waals surface area contributed by atoms with Gasteiger partial charge in [-0.2, -0.15) is 0 Å². The Balaban J connectivity index is 1.97. The zero-order chi connectivity index (χ0) is 11.4. The van der Waals surface area contributed by atoms with Gasteiger partial charge in [-0.25, -0.2) is 4.79 Å². The van der Waals surface area contributed by atoms with Crippen molar-refractivity contribution in [3.63, 3.8) is 0 Å². The number of rotatable bonds is 3. The van der Waals surface area contributed by atoms with Gasteiger partial charge in [0.2, 0.25) is 0 Å². The number of aliphatic hydroxyl groups is 1. The van der Waals surface area contributed by atoms with Crippen LogP contribution in [-0.2, 0) is 9.47 Å². The Morgan fingerprint density at radius 2 is 2.19 bits per heavy atom. The quantitative estimate of drug-likeness (QED) is 0.775. The van der Waals surface area contributed by atoms with E-state index in [0.717, 1.165) is 0 Å². The predicted molar refractivity (Wildman–Crippen MR) is 57.1 cm³/mol. The van der Waals surface area contributed by atoms with E-state index >= 15 is 0 Å². The second kappa shape index (κ2) is 5.09. The van der Waals surface area contributed by atoms with Crippen LogP contribution in [0, 0.1) is 0 Å². The van der Waals surface area contributed by atoms with Crippen molar-refractivity contribution >= 4 is 5.97 Å². The number of benzene rings is 1. The van der Waals surface area contributed by atoms with E-state index in [1.807, 2.05) is 6.07 Å². The van der Waals surface area contributed by atoms with Crippen molar-refractivity contribution in [2.24, 2.45) is 0 Å². The number of carbonyl (C=O) groups is 1. The molecular formula is C12H14O4. The van der Waals surface area contributed by atoms with Crippen molar-refractivity contribution in [1.82, 2.24) is 0 Å². The van der Waals surface area contributed by atoms with Gasteiger partial charge in [-0.15, -0.1) is 0 Å². The van der Waals surface area contributed by atoms with Crippen LogP contribution < -0.4 is 0 Å². The second-order valence-corrected chi connectivity index (χ2v) is 3.69. The third kappa shape index (κ3) is 2.40. The van der Waals surface area contributed by atoms with Crippen LogP contribution in [0.3, 0.4) is 0 Å². The Hall–Kier alpha value is -1.39. The largest absolute Gasteiger partial charge is 0.456 e. The van der Waals surface area contributed by atoms with E-state index in [2.05, 4.69) is 0 Å². The lowest BCUT2D eigenvalue weighted by atomic mass is 10.2. The van der Waals surface area contributed by atoms with Crippen LogP contribution in [-0.4, -0.2) is 36.5 Å². The van der Waals surface area contributed by atoms with E-state index in [4.69, 9.17) is 14.6 Å². The van der Waals surface area contributed by atoms with Gasteiger partial charge in [-0.3, -0.25) is 0 Å². The molecule has 86 valence electrons. The summed E-state index contributed by atoms with van der Waals surface area (Å²) in [5.74, 6) is -0.366. The Kier molecular flexibility index (Phi) is 3.54. The Morgan fingerprint density at radius 3 is 2.88 bits per heavy atom. The number of carbonyl (C=O) groups excluding carboxylic acids is 1. The summed E-state index contributed by atoms with van der Waals surface area (Å²) in [6.45, 7) is 0.407. The van der Waals surface area contributed by atoms with Gasteiger partial charge in [0.25, 0.3) is 0 Å². The standard InChI is InChI=1S/C12H14O4/c13-8-11-10(6-7-15-11)16-12(14)9-4-2-1-3-5-9/h1-5,10-11,13H,6-8H2/t10-,11-/m1/s1. The topological polar surface area (TPSA) is 55.8 Å². The third-order valence-electron chi connectivity index (χ3n) is 2.60. The van der Waals surface area contributed by atoms with Crippen molar-refractivity contribution < 1.29 is 19.4 Å². The lowest BCUT2D eigenvalue weighted by Crippen LogP contribution is -2.30. The van der Waals surface area contributed by atoms with Crippen LogP contribution in [0.15, 0.2) is 30.3 Å². The van der Waals surface area contributed by atoms with E-state index < -0.39 is 0 Å². The summed E-state index contributed by atoms with van der Waals surface area (Å²) in [5.41, 5.74) is 0.520. The van der Waals surface area contributed by atoms with Crippen LogP contribution in [0.2, 0.25) is 0 Å². The van der Waals surface area contributed by atoms with Gasteiger partial charge in [0, 0.05) is 6.42 Å². The highest BCUT2D eigenvalue weighted by Crippen LogP contribution is 2.18. The molecule has 0 aliphatic carbocycles. The minimum Gasteiger partial charge on any atom is -0.456 e. The van der Waals surface area contributed by atoms with Gasteiger partial charge >= 0.3 is 5.97 Å². The van der Waals surface area contributed by atoms with E-state index in [0.29, 0.717) is 18.6 Å². The SMILES string of the molecule is O=C(O[C@@H]1CCO[C@@H]1CO)c1ccccc1. The molecule has 0 amide bonds. The lowest BCUT2D eigenvalue weighted by Gasteiger charge is -2.16. The van der Waals surface area contributed by atoms with Crippen LogP contribution in [0.5, 0.6) is 0 Å². The van der Waals surface area contributed by atoms with E-state index in [1.165, 1.54) is 0 Å². The molecule has 1 saturated heterocycles. The molecule has 4 nitrogen and oxygen atoms in total. The average Bonchev–Trinajstić information content (AvgIpc) is 2.77. The molecule has 0 spiro atoms. The zero-order valence-electron chi connectivity index (χ0n) is 8.83. The highest BCUT2D eigenvalue weighted by atomic mass is 16.6. The normalized spacial score (nSPS) is 24.3. The monoisotopic (exact) mass is 222 g/mol. The molecule has 1 aromatic carbocycles. The molecule has 1 N–H and O–H groups in total. The molecule has 0 unspecified atom stereocenters. The molecule has 2 rings (SSSR count). The van der Waals surface area contributed by atoms with Crippen LogP contribution >= 0.6 is 0 Å². The number of esters is 1. The summed E-state index contributed by atoms with van der Waals surface area (Å²) in [6.07, 6.45) is -0.0746. The van der Waals surface area contributed by atoms with Crippen LogP contribution in [0.4, 0.5) is 0 Å². The van der Waals surface area contributed by atoms with Crippen LogP contribution in [0.1, 0.15) is 16.8 Å².